The minimum atomic E-state index is 0. The van der Waals surface area contributed by atoms with Gasteiger partial charge in [-0.2, -0.15) is 0 Å². The lowest BCUT2D eigenvalue weighted by molar-refractivity contribution is 0.338. The summed E-state index contributed by atoms with van der Waals surface area (Å²) in [5.74, 6) is 1.34. The summed E-state index contributed by atoms with van der Waals surface area (Å²) in [6, 6.07) is 8.40. The molecule has 2 fully saturated rings. The first-order valence-corrected chi connectivity index (χ1v) is 9.90. The molecule has 0 aliphatic carbocycles. The molecule has 0 amide bonds. The summed E-state index contributed by atoms with van der Waals surface area (Å²) < 4.78 is 0. The number of guanidine groups is 2. The minimum absolute atomic E-state index is 0. The average Bonchev–Trinajstić information content (AvgIpc) is 2.72. The van der Waals surface area contributed by atoms with Gasteiger partial charge in [-0.05, 0) is 49.7 Å². The molecule has 0 spiro atoms. The van der Waals surface area contributed by atoms with Gasteiger partial charge in [0.25, 0.3) is 0 Å². The van der Waals surface area contributed by atoms with E-state index in [1.165, 1.54) is 38.5 Å². The third-order valence-corrected chi connectivity index (χ3v) is 5.20. The molecule has 3 rings (SSSR count). The monoisotopic (exact) mass is 484 g/mol. The maximum atomic E-state index is 6.15. The highest BCUT2D eigenvalue weighted by Gasteiger charge is 2.12. The Balaban J connectivity index is 0.00000261. The summed E-state index contributed by atoms with van der Waals surface area (Å²) >= 11 is 0. The number of nitrogens with zero attached hydrogens (tertiary/aromatic N) is 4. The van der Waals surface area contributed by atoms with Crippen molar-refractivity contribution in [2.24, 2.45) is 21.5 Å². The van der Waals surface area contributed by atoms with Crippen molar-refractivity contribution in [2.75, 3.05) is 26.2 Å². The van der Waals surface area contributed by atoms with Gasteiger partial charge >= 0.3 is 0 Å². The first-order valence-electron chi connectivity index (χ1n) is 9.90. The molecule has 1 aromatic rings. The Morgan fingerprint density at radius 2 is 1.15 bits per heavy atom. The smallest absolute Gasteiger partial charge is 0.191 e. The summed E-state index contributed by atoms with van der Waals surface area (Å²) in [4.78, 5) is 13.5. The van der Waals surface area contributed by atoms with E-state index in [-0.39, 0.29) is 24.0 Å². The van der Waals surface area contributed by atoms with Crippen LogP contribution in [0.25, 0.3) is 0 Å². The Morgan fingerprint density at radius 1 is 0.741 bits per heavy atom. The fourth-order valence-electron chi connectivity index (χ4n) is 3.62. The van der Waals surface area contributed by atoms with Gasteiger partial charge in [0.05, 0.1) is 13.1 Å². The molecule has 27 heavy (non-hydrogen) atoms. The molecule has 7 heteroatoms. The highest BCUT2D eigenvalue weighted by Crippen LogP contribution is 2.12. The van der Waals surface area contributed by atoms with E-state index in [0.29, 0.717) is 25.0 Å². The molecular formula is C20H33IN6. The van der Waals surface area contributed by atoms with Crippen LogP contribution in [0, 0.1) is 0 Å². The van der Waals surface area contributed by atoms with E-state index in [1.807, 2.05) is 0 Å². The number of nitrogens with two attached hydrogens (primary N) is 2. The Bertz CT molecular complexity index is 582. The van der Waals surface area contributed by atoms with E-state index in [2.05, 4.69) is 44.1 Å². The first-order chi connectivity index (χ1) is 12.7. The quantitative estimate of drug-likeness (QED) is 0.391. The molecular weight excluding hydrogens is 451 g/mol. The Labute approximate surface area is 180 Å². The van der Waals surface area contributed by atoms with E-state index in [4.69, 9.17) is 11.5 Å². The molecule has 2 saturated heterocycles. The summed E-state index contributed by atoms with van der Waals surface area (Å²) in [6.07, 6.45) is 7.44. The van der Waals surface area contributed by atoms with Crippen LogP contribution in [0.15, 0.2) is 34.3 Å². The zero-order valence-electron chi connectivity index (χ0n) is 16.1. The number of piperidine rings is 2. The zero-order valence-corrected chi connectivity index (χ0v) is 18.5. The molecule has 2 aliphatic heterocycles. The average molecular weight is 484 g/mol. The highest BCUT2D eigenvalue weighted by molar-refractivity contribution is 14.0. The lowest BCUT2D eigenvalue weighted by Crippen LogP contribution is -2.40. The lowest BCUT2D eigenvalue weighted by Gasteiger charge is -2.27. The van der Waals surface area contributed by atoms with E-state index >= 15 is 0 Å². The molecule has 1 aromatic carbocycles. The van der Waals surface area contributed by atoms with Crippen molar-refractivity contribution in [3.8, 4) is 0 Å². The van der Waals surface area contributed by atoms with Gasteiger partial charge in [-0.15, -0.1) is 24.0 Å². The van der Waals surface area contributed by atoms with Crippen LogP contribution in [0.4, 0.5) is 0 Å². The summed E-state index contributed by atoms with van der Waals surface area (Å²) in [6.45, 7) is 5.34. The highest BCUT2D eigenvalue weighted by atomic mass is 127. The molecule has 2 heterocycles. The van der Waals surface area contributed by atoms with Gasteiger partial charge < -0.3 is 21.3 Å². The van der Waals surface area contributed by atoms with Crippen LogP contribution in [-0.2, 0) is 13.1 Å². The van der Waals surface area contributed by atoms with Crippen molar-refractivity contribution in [1.82, 2.24) is 9.80 Å². The molecule has 0 radical (unpaired) electrons. The van der Waals surface area contributed by atoms with Gasteiger partial charge in [0, 0.05) is 26.2 Å². The Hall–Kier alpha value is -1.51. The maximum Gasteiger partial charge on any atom is 0.191 e. The number of benzene rings is 1. The molecule has 0 bridgehead atoms. The molecule has 0 aromatic heterocycles. The number of hydrogen-bond acceptors (Lipinski definition) is 2. The van der Waals surface area contributed by atoms with Crippen molar-refractivity contribution >= 4 is 35.9 Å². The van der Waals surface area contributed by atoms with Crippen LogP contribution in [0.2, 0.25) is 0 Å². The molecule has 6 nitrogen and oxygen atoms in total. The molecule has 2 aliphatic rings. The number of likely N-dealkylation sites (tertiary alicyclic amines) is 2. The number of aliphatic imine (C=N–C) groups is 2. The van der Waals surface area contributed by atoms with Crippen LogP contribution < -0.4 is 11.5 Å². The van der Waals surface area contributed by atoms with E-state index in [9.17, 15) is 0 Å². The van der Waals surface area contributed by atoms with Crippen molar-refractivity contribution in [3.63, 3.8) is 0 Å². The second kappa shape index (κ2) is 11.4. The largest absolute Gasteiger partial charge is 0.370 e. The van der Waals surface area contributed by atoms with Gasteiger partial charge in [0.1, 0.15) is 0 Å². The maximum absolute atomic E-state index is 6.15. The van der Waals surface area contributed by atoms with Crippen molar-refractivity contribution in [3.05, 3.63) is 35.4 Å². The number of halogens is 1. The van der Waals surface area contributed by atoms with E-state index < -0.39 is 0 Å². The van der Waals surface area contributed by atoms with Crippen LogP contribution in [0.5, 0.6) is 0 Å². The third-order valence-electron chi connectivity index (χ3n) is 5.20. The lowest BCUT2D eigenvalue weighted by atomic mass is 10.1. The van der Waals surface area contributed by atoms with Gasteiger partial charge in [0.15, 0.2) is 11.9 Å². The van der Waals surface area contributed by atoms with E-state index in [0.717, 1.165) is 37.3 Å². The molecule has 4 N–H and O–H groups in total. The van der Waals surface area contributed by atoms with Crippen molar-refractivity contribution < 1.29 is 0 Å². The second-order valence-corrected chi connectivity index (χ2v) is 7.26. The van der Waals surface area contributed by atoms with Crippen LogP contribution in [0.3, 0.4) is 0 Å². The topological polar surface area (TPSA) is 83.2 Å². The molecule has 0 saturated carbocycles. The zero-order chi connectivity index (χ0) is 18.2. The van der Waals surface area contributed by atoms with Gasteiger partial charge in [-0.3, -0.25) is 0 Å². The third kappa shape index (κ3) is 6.86. The summed E-state index contributed by atoms with van der Waals surface area (Å²) in [5.41, 5.74) is 14.6. The van der Waals surface area contributed by atoms with Crippen LogP contribution in [-0.4, -0.2) is 47.9 Å². The Kier molecular flexibility index (Phi) is 9.17. The second-order valence-electron chi connectivity index (χ2n) is 7.26. The Morgan fingerprint density at radius 3 is 1.56 bits per heavy atom. The van der Waals surface area contributed by atoms with Crippen molar-refractivity contribution in [1.29, 1.82) is 0 Å². The van der Waals surface area contributed by atoms with Crippen LogP contribution >= 0.6 is 24.0 Å². The van der Waals surface area contributed by atoms with Gasteiger partial charge in [-0.1, -0.05) is 24.3 Å². The number of hydrogen-bond donors (Lipinski definition) is 2. The first kappa shape index (κ1) is 21.8. The summed E-state index contributed by atoms with van der Waals surface area (Å²) in [5, 5.41) is 0. The standard InChI is InChI=1S/C20H32N6.HI/c21-19(25-10-3-1-4-11-25)23-15-17-8-7-9-18(14-17)16-24-20(22)26-12-5-2-6-13-26;/h7-9,14H,1-6,10-13,15-16H2,(H2,21,23)(H2,22,24);1H. The molecule has 0 atom stereocenters. The van der Waals surface area contributed by atoms with E-state index in [1.54, 1.807) is 0 Å². The predicted octanol–water partition coefficient (Wildman–Crippen LogP) is 2.91. The summed E-state index contributed by atoms with van der Waals surface area (Å²) in [7, 11) is 0. The van der Waals surface area contributed by atoms with Crippen LogP contribution in [0.1, 0.15) is 49.7 Å². The van der Waals surface area contributed by atoms with Crippen molar-refractivity contribution in [2.45, 2.75) is 51.6 Å². The predicted molar refractivity (Wildman–Crippen MR) is 123 cm³/mol. The fraction of sp³-hybridized carbons (Fsp3) is 0.600. The molecule has 0 unspecified atom stereocenters. The normalized spacial score (nSPS) is 19.0. The fourth-order valence-corrected chi connectivity index (χ4v) is 3.62. The molecule has 150 valence electrons. The van der Waals surface area contributed by atoms with Gasteiger partial charge in [0.2, 0.25) is 0 Å². The van der Waals surface area contributed by atoms with Gasteiger partial charge in [-0.25, -0.2) is 9.98 Å². The number of rotatable bonds is 4. The minimum Gasteiger partial charge on any atom is -0.370 e. The SMILES string of the molecule is I.NC(=NCc1cccc(CN=C(N)N2CCCCC2)c1)N1CCCCC1.